The molecule has 9 nitrogen and oxygen atoms in total. The number of aromatic nitrogens is 4. The Morgan fingerprint density at radius 3 is 2.58 bits per heavy atom. The third-order valence-electron chi connectivity index (χ3n) is 4.57. The molecule has 0 radical (unpaired) electrons. The topological polar surface area (TPSA) is 100 Å². The van der Waals surface area contributed by atoms with E-state index < -0.39 is 35.3 Å². The van der Waals surface area contributed by atoms with Crippen LogP contribution in [-0.2, 0) is 29.2 Å². The summed E-state index contributed by atoms with van der Waals surface area (Å²) in [6, 6.07) is 2.86. The number of hydrogen-bond donors (Lipinski definition) is 1. The molecule has 2 aromatic heterocycles. The van der Waals surface area contributed by atoms with Crippen molar-refractivity contribution in [3.63, 3.8) is 0 Å². The Balaban J connectivity index is 2.03. The maximum atomic E-state index is 13.4. The maximum absolute atomic E-state index is 13.4. The monoisotopic (exact) mass is 435 g/mol. The highest BCUT2D eigenvalue weighted by Gasteiger charge is 2.20. The Bertz CT molecular complexity index is 1230. The van der Waals surface area contributed by atoms with Crippen LogP contribution in [0.25, 0.3) is 11.2 Å². The van der Waals surface area contributed by atoms with Gasteiger partial charge in [0.1, 0.15) is 6.54 Å². The molecule has 31 heavy (non-hydrogen) atoms. The zero-order chi connectivity index (χ0) is 22.7. The Kier molecular flexibility index (Phi) is 6.64. The summed E-state index contributed by atoms with van der Waals surface area (Å²) in [6.07, 6.45) is 1.45. The van der Waals surface area contributed by atoms with Gasteiger partial charge in [-0.05, 0) is 18.1 Å². The molecule has 3 aromatic rings. The van der Waals surface area contributed by atoms with Crippen molar-refractivity contribution in [2.75, 3.05) is 19.0 Å². The van der Waals surface area contributed by atoms with Crippen LogP contribution in [-0.4, -0.2) is 38.3 Å². The van der Waals surface area contributed by atoms with E-state index in [0.29, 0.717) is 19.7 Å². The summed E-state index contributed by atoms with van der Waals surface area (Å²) < 4.78 is 35.3. The summed E-state index contributed by atoms with van der Waals surface area (Å²) in [5.74, 6) is -2.84. The number of imidazole rings is 1. The molecule has 11 heteroatoms. The molecule has 0 saturated carbocycles. The van der Waals surface area contributed by atoms with E-state index in [4.69, 9.17) is 4.74 Å². The highest BCUT2D eigenvalue weighted by atomic mass is 19.2. The van der Waals surface area contributed by atoms with Crippen molar-refractivity contribution in [2.45, 2.75) is 33.5 Å². The third-order valence-corrected chi connectivity index (χ3v) is 4.57. The van der Waals surface area contributed by atoms with Crippen molar-refractivity contribution in [2.24, 2.45) is 5.92 Å². The van der Waals surface area contributed by atoms with E-state index in [-0.39, 0.29) is 22.8 Å². The van der Waals surface area contributed by atoms with E-state index in [1.165, 1.54) is 24.1 Å². The summed E-state index contributed by atoms with van der Waals surface area (Å²) in [5, 5.41) is 2.37. The molecule has 1 amide bonds. The van der Waals surface area contributed by atoms with Crippen LogP contribution in [0.4, 0.5) is 14.5 Å². The molecule has 0 aliphatic carbocycles. The molecular weight excluding hydrogens is 412 g/mol. The van der Waals surface area contributed by atoms with E-state index in [1.807, 2.05) is 13.8 Å². The number of methoxy groups -OCH3 is 1. The van der Waals surface area contributed by atoms with Gasteiger partial charge in [-0.3, -0.25) is 14.2 Å². The molecule has 166 valence electrons. The van der Waals surface area contributed by atoms with Crippen LogP contribution in [0, 0.1) is 17.6 Å². The molecule has 0 bridgehead atoms. The zero-order valence-electron chi connectivity index (χ0n) is 17.4. The quantitative estimate of drug-likeness (QED) is 0.579. The molecule has 0 spiro atoms. The number of ether oxygens (including phenoxy) is 1. The van der Waals surface area contributed by atoms with Crippen LogP contribution in [0.15, 0.2) is 34.1 Å². The highest BCUT2D eigenvalue weighted by molar-refractivity contribution is 5.90. The summed E-state index contributed by atoms with van der Waals surface area (Å²) in [4.78, 5) is 42.8. The van der Waals surface area contributed by atoms with Gasteiger partial charge in [0, 0.05) is 32.0 Å². The van der Waals surface area contributed by atoms with E-state index in [1.54, 1.807) is 4.57 Å². The van der Waals surface area contributed by atoms with Gasteiger partial charge in [0.15, 0.2) is 22.8 Å². The normalized spacial score (nSPS) is 11.4. The number of nitrogens with zero attached hydrogens (tertiary/aromatic N) is 4. The first-order valence-electron chi connectivity index (χ1n) is 9.65. The van der Waals surface area contributed by atoms with E-state index >= 15 is 0 Å². The fraction of sp³-hybridized carbons (Fsp3) is 0.400. The summed E-state index contributed by atoms with van der Waals surface area (Å²) in [7, 11) is 1.52. The molecule has 0 fully saturated rings. The van der Waals surface area contributed by atoms with Crippen LogP contribution in [0.1, 0.15) is 13.8 Å². The van der Waals surface area contributed by atoms with Crippen molar-refractivity contribution < 1.29 is 18.3 Å². The number of anilines is 1. The van der Waals surface area contributed by atoms with Crippen molar-refractivity contribution >= 4 is 22.8 Å². The average Bonchev–Trinajstić information content (AvgIpc) is 3.13. The number of halogens is 2. The minimum absolute atomic E-state index is 0.00525. The second-order valence-electron chi connectivity index (χ2n) is 7.46. The fourth-order valence-corrected chi connectivity index (χ4v) is 3.19. The first-order valence-corrected chi connectivity index (χ1v) is 9.65. The summed E-state index contributed by atoms with van der Waals surface area (Å²) in [6.45, 7) is 4.17. The van der Waals surface area contributed by atoms with Gasteiger partial charge in [0.25, 0.3) is 5.56 Å². The standard InChI is InChI=1S/C20H23F2N5O4/c1-12(2)9-26-18-17(25(11-23-18)6-7-31-3)19(29)27(20(26)30)10-16(28)24-13-4-5-14(21)15(22)8-13/h4-5,8,11-12H,6-7,9-10H2,1-3H3,(H,24,28). The minimum Gasteiger partial charge on any atom is -0.383 e. The summed E-state index contributed by atoms with van der Waals surface area (Å²) in [5.41, 5.74) is -0.932. The van der Waals surface area contributed by atoms with Crippen LogP contribution in [0.5, 0.6) is 0 Å². The number of carbonyl (C=O) groups excluding carboxylic acids is 1. The highest BCUT2D eigenvalue weighted by Crippen LogP contribution is 2.13. The molecule has 0 unspecified atom stereocenters. The molecule has 0 saturated heterocycles. The van der Waals surface area contributed by atoms with Crippen LogP contribution in [0.2, 0.25) is 0 Å². The van der Waals surface area contributed by atoms with Crippen LogP contribution < -0.4 is 16.6 Å². The van der Waals surface area contributed by atoms with Gasteiger partial charge in [-0.25, -0.2) is 23.1 Å². The molecule has 3 rings (SSSR count). The van der Waals surface area contributed by atoms with Gasteiger partial charge < -0.3 is 14.6 Å². The zero-order valence-corrected chi connectivity index (χ0v) is 17.4. The molecule has 0 aliphatic heterocycles. The largest absolute Gasteiger partial charge is 0.383 e. The van der Waals surface area contributed by atoms with Crippen LogP contribution >= 0.6 is 0 Å². The van der Waals surface area contributed by atoms with Crippen molar-refractivity contribution in [1.29, 1.82) is 0 Å². The maximum Gasteiger partial charge on any atom is 0.333 e. The van der Waals surface area contributed by atoms with Gasteiger partial charge in [-0.2, -0.15) is 0 Å². The lowest BCUT2D eigenvalue weighted by Gasteiger charge is -2.14. The molecule has 1 aromatic carbocycles. The number of fused-ring (bicyclic) bond motifs is 1. The van der Waals surface area contributed by atoms with Crippen LogP contribution in [0.3, 0.4) is 0 Å². The molecule has 0 aliphatic rings. The molecule has 1 N–H and O–H groups in total. The molecule has 2 heterocycles. The number of rotatable bonds is 8. The number of nitrogens with one attached hydrogen (secondary N) is 1. The van der Waals surface area contributed by atoms with E-state index in [0.717, 1.165) is 16.7 Å². The second-order valence-corrected chi connectivity index (χ2v) is 7.46. The van der Waals surface area contributed by atoms with Gasteiger partial charge in [0.05, 0.1) is 12.9 Å². The Morgan fingerprint density at radius 2 is 1.94 bits per heavy atom. The molecular formula is C20H23F2N5O4. The number of amides is 1. The first kappa shape index (κ1) is 22.3. The Morgan fingerprint density at radius 1 is 1.19 bits per heavy atom. The lowest BCUT2D eigenvalue weighted by atomic mass is 10.2. The van der Waals surface area contributed by atoms with Crippen molar-refractivity contribution in [3.05, 3.63) is 57.0 Å². The van der Waals surface area contributed by atoms with E-state index in [9.17, 15) is 23.2 Å². The van der Waals surface area contributed by atoms with Gasteiger partial charge >= 0.3 is 5.69 Å². The van der Waals surface area contributed by atoms with Gasteiger partial charge in [-0.15, -0.1) is 0 Å². The predicted octanol–water partition coefficient (Wildman–Crippen LogP) is 1.58. The first-order chi connectivity index (χ1) is 14.7. The Hall–Kier alpha value is -3.34. The van der Waals surface area contributed by atoms with Gasteiger partial charge in [-0.1, -0.05) is 13.8 Å². The van der Waals surface area contributed by atoms with Crippen molar-refractivity contribution in [1.82, 2.24) is 18.7 Å². The van der Waals surface area contributed by atoms with E-state index in [2.05, 4.69) is 10.3 Å². The summed E-state index contributed by atoms with van der Waals surface area (Å²) >= 11 is 0. The van der Waals surface area contributed by atoms with Crippen molar-refractivity contribution in [3.8, 4) is 0 Å². The average molecular weight is 435 g/mol. The lowest BCUT2D eigenvalue weighted by molar-refractivity contribution is -0.116. The SMILES string of the molecule is COCCn1cnc2c1c(=O)n(CC(=O)Nc1ccc(F)c(F)c1)c(=O)n2CC(C)C. The number of hydrogen-bond acceptors (Lipinski definition) is 5. The number of carbonyl (C=O) groups is 1. The van der Waals surface area contributed by atoms with Gasteiger partial charge in [0.2, 0.25) is 5.91 Å². The minimum atomic E-state index is -1.13. The Labute approximate surface area is 175 Å². The smallest absolute Gasteiger partial charge is 0.333 e. The number of benzene rings is 1. The lowest BCUT2D eigenvalue weighted by Crippen LogP contribution is -2.43. The fourth-order valence-electron chi connectivity index (χ4n) is 3.19. The second kappa shape index (κ2) is 9.21. The third kappa shape index (κ3) is 4.71. The predicted molar refractivity (Wildman–Crippen MR) is 110 cm³/mol. The molecule has 0 atom stereocenters.